The highest BCUT2D eigenvalue weighted by atomic mass is 35.5. The van der Waals surface area contributed by atoms with Crippen molar-refractivity contribution < 1.29 is 12.8 Å². The summed E-state index contributed by atoms with van der Waals surface area (Å²) >= 11 is 5.64. The van der Waals surface area contributed by atoms with Gasteiger partial charge in [-0.3, -0.25) is 0 Å². The molecule has 0 saturated carbocycles. The van der Waals surface area contributed by atoms with E-state index < -0.39 is 15.8 Å². The number of benzene rings is 1. The highest BCUT2D eigenvalue weighted by Crippen LogP contribution is 2.26. The summed E-state index contributed by atoms with van der Waals surface area (Å²) in [5.41, 5.74) is 5.60. The third kappa shape index (κ3) is 3.08. The molecule has 106 valence electrons. The van der Waals surface area contributed by atoms with Gasteiger partial charge in [0.25, 0.3) is 0 Å². The van der Waals surface area contributed by atoms with Crippen LogP contribution < -0.4 is 5.73 Å². The maximum absolute atomic E-state index is 13.1. The van der Waals surface area contributed by atoms with Gasteiger partial charge in [-0.25, -0.2) is 12.8 Å². The summed E-state index contributed by atoms with van der Waals surface area (Å²) in [5, 5.41) is -0.187. The quantitative estimate of drug-likeness (QED) is 0.927. The molecule has 0 aliphatic carbocycles. The predicted octanol–water partition coefficient (Wildman–Crippen LogP) is 1.84. The molecule has 0 amide bonds. The Balaban J connectivity index is 2.28. The number of hydrogen-bond donors (Lipinski definition) is 1. The van der Waals surface area contributed by atoms with E-state index in [2.05, 4.69) is 0 Å². The minimum atomic E-state index is -3.62. The predicted molar refractivity (Wildman–Crippen MR) is 71.9 cm³/mol. The standard InChI is InChI=1S/C12H16ClFN2O2S/c13-11-6-10(3-4-12(11)14)19(17,18)16-5-1-2-9(7-15)8-16/h3-4,6,9H,1-2,5,7-8,15H2. The molecule has 2 N–H and O–H groups in total. The van der Waals surface area contributed by atoms with Crippen LogP contribution in [0.4, 0.5) is 4.39 Å². The van der Waals surface area contributed by atoms with Gasteiger partial charge in [-0.15, -0.1) is 0 Å². The Morgan fingerprint density at radius 2 is 2.21 bits per heavy atom. The Morgan fingerprint density at radius 1 is 1.47 bits per heavy atom. The van der Waals surface area contributed by atoms with Crippen LogP contribution in [0.3, 0.4) is 0 Å². The average Bonchev–Trinajstić information content (AvgIpc) is 2.41. The van der Waals surface area contributed by atoms with Gasteiger partial charge in [-0.1, -0.05) is 11.6 Å². The summed E-state index contributed by atoms with van der Waals surface area (Å²) in [6.07, 6.45) is 1.72. The Kier molecular flexibility index (Phi) is 4.45. The van der Waals surface area contributed by atoms with Crippen molar-refractivity contribution in [3.8, 4) is 0 Å². The third-order valence-corrected chi connectivity index (χ3v) is 5.49. The molecule has 1 aromatic rings. The maximum Gasteiger partial charge on any atom is 0.243 e. The minimum absolute atomic E-state index is 0.0246. The molecule has 1 atom stereocenters. The summed E-state index contributed by atoms with van der Waals surface area (Å²) in [6, 6.07) is 3.46. The molecule has 1 fully saturated rings. The average molecular weight is 307 g/mol. The van der Waals surface area contributed by atoms with E-state index >= 15 is 0 Å². The van der Waals surface area contributed by atoms with Crippen LogP contribution in [0, 0.1) is 11.7 Å². The molecular formula is C12H16ClFN2O2S. The van der Waals surface area contributed by atoms with Gasteiger partial charge in [-0.2, -0.15) is 4.31 Å². The van der Waals surface area contributed by atoms with E-state index in [1.807, 2.05) is 0 Å². The largest absolute Gasteiger partial charge is 0.330 e. The molecule has 1 aromatic carbocycles. The number of hydrogen-bond acceptors (Lipinski definition) is 3. The van der Waals surface area contributed by atoms with Crippen molar-refractivity contribution in [1.82, 2.24) is 4.31 Å². The van der Waals surface area contributed by atoms with Crippen molar-refractivity contribution in [2.75, 3.05) is 19.6 Å². The topological polar surface area (TPSA) is 63.4 Å². The van der Waals surface area contributed by atoms with Crippen LogP contribution in [0.5, 0.6) is 0 Å². The first kappa shape index (κ1) is 14.7. The number of piperidine rings is 1. The van der Waals surface area contributed by atoms with Crippen LogP contribution in [0.15, 0.2) is 23.1 Å². The van der Waals surface area contributed by atoms with E-state index in [4.69, 9.17) is 17.3 Å². The van der Waals surface area contributed by atoms with Crippen molar-refractivity contribution in [1.29, 1.82) is 0 Å². The second-order valence-electron chi connectivity index (χ2n) is 4.68. The normalized spacial score (nSPS) is 21.5. The fourth-order valence-electron chi connectivity index (χ4n) is 2.22. The van der Waals surface area contributed by atoms with Crippen LogP contribution in [0.2, 0.25) is 5.02 Å². The highest BCUT2D eigenvalue weighted by Gasteiger charge is 2.30. The Morgan fingerprint density at radius 3 is 2.84 bits per heavy atom. The lowest BCUT2D eigenvalue weighted by molar-refractivity contribution is 0.271. The zero-order chi connectivity index (χ0) is 14.0. The lowest BCUT2D eigenvalue weighted by Crippen LogP contribution is -2.41. The molecule has 1 heterocycles. The molecule has 7 heteroatoms. The second kappa shape index (κ2) is 5.75. The summed E-state index contributed by atoms with van der Waals surface area (Å²) < 4.78 is 39.3. The first-order valence-electron chi connectivity index (χ1n) is 6.10. The fourth-order valence-corrected chi connectivity index (χ4v) is 4.05. The van der Waals surface area contributed by atoms with E-state index in [0.29, 0.717) is 19.6 Å². The van der Waals surface area contributed by atoms with Crippen LogP contribution in [-0.4, -0.2) is 32.4 Å². The van der Waals surface area contributed by atoms with Gasteiger partial charge in [-0.05, 0) is 43.5 Å². The van der Waals surface area contributed by atoms with E-state index in [1.165, 1.54) is 10.4 Å². The van der Waals surface area contributed by atoms with Gasteiger partial charge < -0.3 is 5.73 Å². The van der Waals surface area contributed by atoms with Crippen molar-refractivity contribution >= 4 is 21.6 Å². The number of sulfonamides is 1. The molecule has 0 radical (unpaired) electrons. The molecule has 0 aromatic heterocycles. The maximum atomic E-state index is 13.1. The summed E-state index contributed by atoms with van der Waals surface area (Å²) in [7, 11) is -3.62. The Labute approximate surface area is 117 Å². The summed E-state index contributed by atoms with van der Waals surface area (Å²) in [4.78, 5) is 0.0246. The van der Waals surface area contributed by atoms with Crippen LogP contribution >= 0.6 is 11.6 Å². The van der Waals surface area contributed by atoms with Gasteiger partial charge >= 0.3 is 0 Å². The zero-order valence-corrected chi connectivity index (χ0v) is 11.9. The Hall–Kier alpha value is -0.690. The first-order valence-corrected chi connectivity index (χ1v) is 7.92. The third-order valence-electron chi connectivity index (χ3n) is 3.34. The SMILES string of the molecule is NCC1CCCN(S(=O)(=O)c2ccc(F)c(Cl)c2)C1. The van der Waals surface area contributed by atoms with Crippen LogP contribution in [0.25, 0.3) is 0 Å². The second-order valence-corrected chi connectivity index (χ2v) is 7.03. The zero-order valence-electron chi connectivity index (χ0n) is 10.4. The molecule has 4 nitrogen and oxygen atoms in total. The number of rotatable bonds is 3. The van der Waals surface area contributed by atoms with Gasteiger partial charge in [0.1, 0.15) is 5.82 Å². The summed E-state index contributed by atoms with van der Waals surface area (Å²) in [5.74, 6) is -0.446. The van der Waals surface area contributed by atoms with E-state index in [-0.39, 0.29) is 15.8 Å². The minimum Gasteiger partial charge on any atom is -0.330 e. The van der Waals surface area contributed by atoms with Crippen molar-refractivity contribution in [3.05, 3.63) is 29.0 Å². The smallest absolute Gasteiger partial charge is 0.243 e. The summed E-state index contributed by atoms with van der Waals surface area (Å²) in [6.45, 7) is 1.35. The fraction of sp³-hybridized carbons (Fsp3) is 0.500. The van der Waals surface area contributed by atoms with Gasteiger partial charge in [0.05, 0.1) is 9.92 Å². The molecule has 0 bridgehead atoms. The molecule has 1 unspecified atom stereocenters. The van der Waals surface area contributed by atoms with E-state index in [1.54, 1.807) is 0 Å². The lowest BCUT2D eigenvalue weighted by atomic mass is 10.0. The van der Waals surface area contributed by atoms with E-state index in [9.17, 15) is 12.8 Å². The van der Waals surface area contributed by atoms with Crippen molar-refractivity contribution in [2.45, 2.75) is 17.7 Å². The number of nitrogens with two attached hydrogens (primary N) is 1. The van der Waals surface area contributed by atoms with Gasteiger partial charge in [0.15, 0.2) is 0 Å². The van der Waals surface area contributed by atoms with Crippen molar-refractivity contribution in [3.63, 3.8) is 0 Å². The molecule has 0 spiro atoms. The number of nitrogens with zero attached hydrogens (tertiary/aromatic N) is 1. The van der Waals surface area contributed by atoms with Gasteiger partial charge in [0.2, 0.25) is 10.0 Å². The van der Waals surface area contributed by atoms with Gasteiger partial charge in [0, 0.05) is 13.1 Å². The molecule has 1 aliphatic rings. The molecule has 1 aliphatic heterocycles. The molecule has 2 rings (SSSR count). The molecule has 1 saturated heterocycles. The molecular weight excluding hydrogens is 291 g/mol. The molecule has 19 heavy (non-hydrogen) atoms. The Bertz CT molecular complexity index is 565. The number of halogens is 2. The van der Waals surface area contributed by atoms with Crippen molar-refractivity contribution in [2.24, 2.45) is 11.7 Å². The monoisotopic (exact) mass is 306 g/mol. The van der Waals surface area contributed by atoms with Crippen LogP contribution in [-0.2, 0) is 10.0 Å². The van der Waals surface area contributed by atoms with E-state index in [0.717, 1.165) is 25.0 Å². The first-order chi connectivity index (χ1) is 8.95. The lowest BCUT2D eigenvalue weighted by Gasteiger charge is -2.31. The highest BCUT2D eigenvalue weighted by molar-refractivity contribution is 7.89. The van der Waals surface area contributed by atoms with Crippen LogP contribution in [0.1, 0.15) is 12.8 Å².